The Morgan fingerprint density at radius 2 is 2.09 bits per heavy atom. The van der Waals surface area contributed by atoms with E-state index in [-0.39, 0.29) is 4.90 Å². The van der Waals surface area contributed by atoms with Crippen LogP contribution >= 0.6 is 15.9 Å². The summed E-state index contributed by atoms with van der Waals surface area (Å²) in [6.45, 7) is 0. The summed E-state index contributed by atoms with van der Waals surface area (Å²) in [6.07, 6.45) is 2.40. The van der Waals surface area contributed by atoms with Crippen LogP contribution in [-0.4, -0.2) is 18.0 Å². The monoisotopic (exact) mass is 236 g/mol. The molecule has 0 N–H and O–H groups in total. The number of hydrogen-bond acceptors (Lipinski definition) is 4. The van der Waals surface area contributed by atoms with E-state index in [0.717, 1.165) is 6.20 Å². The van der Waals surface area contributed by atoms with Gasteiger partial charge in [0.2, 0.25) is 0 Å². The first kappa shape index (κ1) is 8.63. The zero-order chi connectivity index (χ0) is 8.48. The standard InChI is InChI=1S/C5H4BrNO3S/c6-4-1-5(3-7-2-4)11(8,9)10/h1-3H,(H,8,9,10)/p-1. The number of nitrogens with zero attached hydrogens (tertiary/aromatic N) is 1. The Hall–Kier alpha value is -0.460. The molecule has 0 radical (unpaired) electrons. The van der Waals surface area contributed by atoms with Crippen LogP contribution in [-0.2, 0) is 10.1 Å². The normalized spacial score (nSPS) is 11.5. The molecule has 6 heteroatoms. The van der Waals surface area contributed by atoms with Crippen LogP contribution < -0.4 is 0 Å². The van der Waals surface area contributed by atoms with Crippen molar-refractivity contribution in [2.24, 2.45) is 0 Å². The molecule has 0 unspecified atom stereocenters. The predicted molar refractivity (Wildman–Crippen MR) is 39.9 cm³/mol. The Labute approximate surface area is 72.1 Å². The molecular weight excluding hydrogens is 234 g/mol. The first-order chi connectivity index (χ1) is 5.00. The Kier molecular flexibility index (Phi) is 2.26. The molecule has 0 aliphatic heterocycles. The van der Waals surface area contributed by atoms with Crippen LogP contribution in [0.5, 0.6) is 0 Å². The summed E-state index contributed by atoms with van der Waals surface area (Å²) >= 11 is 2.99. The van der Waals surface area contributed by atoms with Crippen LogP contribution in [0.4, 0.5) is 0 Å². The van der Waals surface area contributed by atoms with Gasteiger partial charge in [-0.05, 0) is 22.0 Å². The SMILES string of the molecule is O=S(=O)([O-])c1cncc(Br)c1. The molecule has 0 saturated carbocycles. The van der Waals surface area contributed by atoms with Crippen molar-refractivity contribution in [3.05, 3.63) is 22.9 Å². The third-order valence-electron chi connectivity index (χ3n) is 0.968. The molecule has 0 atom stereocenters. The van der Waals surface area contributed by atoms with Crippen LogP contribution in [0.1, 0.15) is 0 Å². The molecule has 0 aliphatic rings. The first-order valence-electron chi connectivity index (χ1n) is 2.56. The highest BCUT2D eigenvalue weighted by Gasteiger charge is 2.00. The molecule has 1 rings (SSSR count). The fourth-order valence-electron chi connectivity index (χ4n) is 0.529. The highest BCUT2D eigenvalue weighted by molar-refractivity contribution is 9.10. The summed E-state index contributed by atoms with van der Waals surface area (Å²) in [5.74, 6) is 0. The second-order valence-corrected chi connectivity index (χ2v) is 4.09. The molecule has 0 amide bonds. The maximum absolute atomic E-state index is 10.4. The van der Waals surface area contributed by atoms with E-state index in [1.54, 1.807) is 0 Å². The van der Waals surface area contributed by atoms with Gasteiger partial charge in [-0.15, -0.1) is 0 Å². The van der Waals surface area contributed by atoms with Crippen molar-refractivity contribution in [1.29, 1.82) is 0 Å². The second-order valence-electron chi connectivity index (χ2n) is 1.79. The molecule has 4 nitrogen and oxygen atoms in total. The van der Waals surface area contributed by atoms with Gasteiger partial charge in [0.1, 0.15) is 10.1 Å². The Morgan fingerprint density at radius 1 is 1.45 bits per heavy atom. The van der Waals surface area contributed by atoms with Crippen LogP contribution in [0.25, 0.3) is 0 Å². The van der Waals surface area contributed by atoms with Crippen molar-refractivity contribution in [2.45, 2.75) is 4.90 Å². The molecule has 0 spiro atoms. The van der Waals surface area contributed by atoms with Crippen LogP contribution in [0.2, 0.25) is 0 Å². The maximum atomic E-state index is 10.4. The molecule has 60 valence electrons. The fraction of sp³-hybridized carbons (Fsp3) is 0. The minimum Gasteiger partial charge on any atom is -0.744 e. The second kappa shape index (κ2) is 2.88. The smallest absolute Gasteiger partial charge is 0.126 e. The van der Waals surface area contributed by atoms with Gasteiger partial charge in [0.15, 0.2) is 0 Å². The van der Waals surface area contributed by atoms with Crippen molar-refractivity contribution < 1.29 is 13.0 Å². The zero-order valence-corrected chi connectivity index (χ0v) is 7.59. The number of rotatable bonds is 1. The van der Waals surface area contributed by atoms with E-state index >= 15 is 0 Å². The lowest BCUT2D eigenvalue weighted by atomic mass is 10.5. The van der Waals surface area contributed by atoms with Crippen molar-refractivity contribution in [1.82, 2.24) is 4.98 Å². The van der Waals surface area contributed by atoms with Gasteiger partial charge in [-0.3, -0.25) is 4.98 Å². The van der Waals surface area contributed by atoms with Crippen molar-refractivity contribution in [3.8, 4) is 0 Å². The van der Waals surface area contributed by atoms with Gasteiger partial charge in [0, 0.05) is 16.9 Å². The van der Waals surface area contributed by atoms with E-state index in [9.17, 15) is 13.0 Å². The third-order valence-corrected chi connectivity index (χ3v) is 2.20. The van der Waals surface area contributed by atoms with Gasteiger partial charge in [-0.2, -0.15) is 0 Å². The van der Waals surface area contributed by atoms with Gasteiger partial charge in [-0.1, -0.05) is 0 Å². The molecular formula is C5H3BrNO3S-. The number of pyridine rings is 1. The molecule has 1 aromatic heterocycles. The Balaban J connectivity index is 3.28. The maximum Gasteiger partial charge on any atom is 0.126 e. The summed E-state index contributed by atoms with van der Waals surface area (Å²) in [5.41, 5.74) is 0. The zero-order valence-electron chi connectivity index (χ0n) is 5.19. The van der Waals surface area contributed by atoms with Gasteiger partial charge < -0.3 is 4.55 Å². The van der Waals surface area contributed by atoms with Crippen molar-refractivity contribution in [2.75, 3.05) is 0 Å². The molecule has 0 bridgehead atoms. The molecule has 0 aliphatic carbocycles. The highest BCUT2D eigenvalue weighted by atomic mass is 79.9. The Morgan fingerprint density at radius 3 is 2.45 bits per heavy atom. The number of aromatic nitrogens is 1. The van der Waals surface area contributed by atoms with E-state index in [1.807, 2.05) is 0 Å². The molecule has 0 fully saturated rings. The van der Waals surface area contributed by atoms with E-state index in [0.29, 0.717) is 4.47 Å². The average molecular weight is 237 g/mol. The summed E-state index contributed by atoms with van der Waals surface area (Å²) in [4.78, 5) is 3.20. The summed E-state index contributed by atoms with van der Waals surface area (Å²) < 4.78 is 31.6. The van der Waals surface area contributed by atoms with Gasteiger partial charge >= 0.3 is 0 Å². The summed E-state index contributed by atoms with van der Waals surface area (Å²) in [6, 6.07) is 1.20. The van der Waals surface area contributed by atoms with Crippen LogP contribution in [0.15, 0.2) is 27.8 Å². The van der Waals surface area contributed by atoms with E-state index in [4.69, 9.17) is 0 Å². The molecule has 0 aromatic carbocycles. The lowest BCUT2D eigenvalue weighted by Crippen LogP contribution is -1.98. The fourth-order valence-corrected chi connectivity index (χ4v) is 1.51. The summed E-state index contributed by atoms with van der Waals surface area (Å²) in [7, 11) is -4.37. The van der Waals surface area contributed by atoms with Crippen molar-refractivity contribution >= 4 is 26.0 Å². The van der Waals surface area contributed by atoms with E-state index < -0.39 is 10.1 Å². The quantitative estimate of drug-likeness (QED) is 0.675. The van der Waals surface area contributed by atoms with Crippen LogP contribution in [0.3, 0.4) is 0 Å². The minimum absolute atomic E-state index is 0.327. The van der Waals surface area contributed by atoms with Gasteiger partial charge in [0.05, 0.1) is 4.90 Å². The van der Waals surface area contributed by atoms with E-state index in [2.05, 4.69) is 20.9 Å². The average Bonchev–Trinajstić information content (AvgIpc) is 1.86. The van der Waals surface area contributed by atoms with Crippen LogP contribution in [0, 0.1) is 0 Å². The largest absolute Gasteiger partial charge is 0.744 e. The van der Waals surface area contributed by atoms with Crippen molar-refractivity contribution in [3.63, 3.8) is 0 Å². The molecule has 0 saturated heterocycles. The van der Waals surface area contributed by atoms with Gasteiger partial charge in [-0.25, -0.2) is 8.42 Å². The molecule has 1 aromatic rings. The lowest BCUT2D eigenvalue weighted by molar-refractivity contribution is 0.462. The third kappa shape index (κ3) is 2.25. The molecule has 1 heterocycles. The van der Waals surface area contributed by atoms with E-state index in [1.165, 1.54) is 12.3 Å². The highest BCUT2D eigenvalue weighted by Crippen LogP contribution is 2.13. The predicted octanol–water partition coefficient (Wildman–Crippen LogP) is 0.748. The minimum atomic E-state index is -4.37. The lowest BCUT2D eigenvalue weighted by Gasteiger charge is -2.05. The Bertz CT molecular complexity index is 362. The molecule has 11 heavy (non-hydrogen) atoms. The topological polar surface area (TPSA) is 70.1 Å². The number of halogens is 1. The first-order valence-corrected chi connectivity index (χ1v) is 4.77. The van der Waals surface area contributed by atoms with Gasteiger partial charge in [0.25, 0.3) is 0 Å². The number of hydrogen-bond donors (Lipinski definition) is 0. The summed E-state index contributed by atoms with van der Waals surface area (Å²) in [5, 5.41) is 0.